The van der Waals surface area contributed by atoms with Crippen LogP contribution in [0.2, 0.25) is 5.02 Å². The highest BCUT2D eigenvalue weighted by molar-refractivity contribution is 6.32. The molecule has 0 saturated carbocycles. The van der Waals surface area contributed by atoms with E-state index in [-0.39, 0.29) is 17.6 Å². The molecule has 1 aliphatic rings. The lowest BCUT2D eigenvalue weighted by atomic mass is 10.1. The van der Waals surface area contributed by atoms with E-state index in [1.165, 1.54) is 0 Å². The number of hydrogen-bond donors (Lipinski definition) is 2. The van der Waals surface area contributed by atoms with Gasteiger partial charge in [0.2, 0.25) is 11.9 Å². The van der Waals surface area contributed by atoms with Crippen molar-refractivity contribution < 1.29 is 4.79 Å². The molecule has 0 unspecified atom stereocenters. The van der Waals surface area contributed by atoms with Crippen LogP contribution in [-0.4, -0.2) is 51.2 Å². The second-order valence-corrected chi connectivity index (χ2v) is 8.17. The van der Waals surface area contributed by atoms with Gasteiger partial charge in [0.05, 0.1) is 17.1 Å². The second-order valence-electron chi connectivity index (χ2n) is 7.76. The lowest BCUT2D eigenvalue weighted by Crippen LogP contribution is -2.44. The predicted molar refractivity (Wildman–Crippen MR) is 127 cm³/mol. The van der Waals surface area contributed by atoms with E-state index in [0.29, 0.717) is 29.7 Å². The SMILES string of the molecule is O=C(Cc1ccccc1)n1c(=O)[nH]c(=O)c2c1nc(N1CCNCC1)n2-c1ccccc1Cl. The minimum absolute atomic E-state index is 0.0101. The van der Waals surface area contributed by atoms with Crippen LogP contribution < -0.4 is 21.5 Å². The number of anilines is 1. The molecule has 9 nitrogen and oxygen atoms in total. The molecule has 0 aliphatic carbocycles. The summed E-state index contributed by atoms with van der Waals surface area (Å²) in [6, 6.07) is 16.2. The van der Waals surface area contributed by atoms with Crippen LogP contribution in [0.5, 0.6) is 0 Å². The Morgan fingerprint density at radius 1 is 1.00 bits per heavy atom. The van der Waals surface area contributed by atoms with Gasteiger partial charge in [-0.15, -0.1) is 0 Å². The number of halogens is 1. The maximum absolute atomic E-state index is 13.2. The largest absolute Gasteiger partial charge is 0.339 e. The lowest BCUT2D eigenvalue weighted by molar-refractivity contribution is 0.0913. The van der Waals surface area contributed by atoms with Gasteiger partial charge in [0.1, 0.15) is 0 Å². The molecular formula is C23H21ClN6O3. The van der Waals surface area contributed by atoms with Gasteiger partial charge in [-0.25, -0.2) is 9.36 Å². The van der Waals surface area contributed by atoms with Crippen LogP contribution in [0.1, 0.15) is 10.4 Å². The molecule has 0 atom stereocenters. The van der Waals surface area contributed by atoms with Crippen LogP contribution in [0, 0.1) is 0 Å². The summed E-state index contributed by atoms with van der Waals surface area (Å²) in [6.45, 7) is 2.77. The van der Waals surface area contributed by atoms with Gasteiger partial charge < -0.3 is 10.2 Å². The summed E-state index contributed by atoms with van der Waals surface area (Å²) in [5.74, 6) is -0.0277. The van der Waals surface area contributed by atoms with Crippen LogP contribution in [0.25, 0.3) is 16.9 Å². The fourth-order valence-corrected chi connectivity index (χ4v) is 4.30. The molecule has 1 fully saturated rings. The highest BCUT2D eigenvalue weighted by Gasteiger charge is 2.27. The molecular weight excluding hydrogens is 444 g/mol. The van der Waals surface area contributed by atoms with Crippen LogP contribution in [0.15, 0.2) is 64.2 Å². The van der Waals surface area contributed by atoms with Gasteiger partial charge >= 0.3 is 5.69 Å². The van der Waals surface area contributed by atoms with E-state index in [1.807, 2.05) is 23.1 Å². The third-order valence-corrected chi connectivity index (χ3v) is 5.95. The van der Waals surface area contributed by atoms with Crippen molar-refractivity contribution in [2.75, 3.05) is 31.1 Å². The van der Waals surface area contributed by atoms with Crippen molar-refractivity contribution in [2.24, 2.45) is 0 Å². The minimum Gasteiger partial charge on any atom is -0.339 e. The number of hydrogen-bond acceptors (Lipinski definition) is 6. The Morgan fingerprint density at radius 2 is 1.70 bits per heavy atom. The Balaban J connectivity index is 1.77. The average molecular weight is 465 g/mol. The molecule has 0 radical (unpaired) electrons. The molecule has 33 heavy (non-hydrogen) atoms. The topological polar surface area (TPSA) is 105 Å². The Bertz CT molecular complexity index is 1450. The lowest BCUT2D eigenvalue weighted by Gasteiger charge is -2.28. The number of imidazole rings is 1. The number of aromatic amines is 1. The van der Waals surface area contributed by atoms with Crippen molar-refractivity contribution in [1.82, 2.24) is 24.4 Å². The summed E-state index contributed by atoms with van der Waals surface area (Å²) in [5.41, 5.74) is -0.0459. The number of benzene rings is 2. The number of rotatable bonds is 4. The fraction of sp³-hybridized carbons (Fsp3) is 0.217. The molecule has 0 spiro atoms. The minimum atomic E-state index is -0.816. The number of aromatic nitrogens is 4. The predicted octanol–water partition coefficient (Wildman–Crippen LogP) is 1.82. The quantitative estimate of drug-likeness (QED) is 0.477. The molecule has 2 aromatic heterocycles. The molecule has 10 heteroatoms. The fourth-order valence-electron chi connectivity index (χ4n) is 4.08. The molecule has 4 aromatic rings. The molecule has 5 rings (SSSR count). The highest BCUT2D eigenvalue weighted by Crippen LogP contribution is 2.29. The molecule has 168 valence electrons. The van der Waals surface area contributed by atoms with Gasteiger partial charge in [0.15, 0.2) is 11.2 Å². The molecule has 0 amide bonds. The smallest absolute Gasteiger partial charge is 0.337 e. The average Bonchev–Trinajstić information content (AvgIpc) is 3.21. The third kappa shape index (κ3) is 3.85. The summed E-state index contributed by atoms with van der Waals surface area (Å²) >= 11 is 6.49. The van der Waals surface area contributed by atoms with E-state index in [1.54, 1.807) is 41.0 Å². The number of H-pyrrole nitrogens is 1. The van der Waals surface area contributed by atoms with Crippen LogP contribution >= 0.6 is 11.6 Å². The van der Waals surface area contributed by atoms with Crippen LogP contribution in [0.3, 0.4) is 0 Å². The summed E-state index contributed by atoms with van der Waals surface area (Å²) in [5, 5.41) is 3.70. The molecule has 3 heterocycles. The van der Waals surface area contributed by atoms with Gasteiger partial charge in [0, 0.05) is 26.2 Å². The highest BCUT2D eigenvalue weighted by atomic mass is 35.5. The zero-order valence-corrected chi connectivity index (χ0v) is 18.4. The van der Waals surface area contributed by atoms with Gasteiger partial charge in [-0.05, 0) is 17.7 Å². The van der Waals surface area contributed by atoms with Gasteiger partial charge in [-0.2, -0.15) is 4.98 Å². The standard InChI is InChI=1S/C23H21ClN6O3/c24-16-8-4-5-9-17(16)29-19-20(26-22(29)28-12-10-25-11-13-28)30(23(33)27-21(19)32)18(31)14-15-6-2-1-3-7-15/h1-9,25H,10-14H2,(H,27,32,33). The van der Waals surface area contributed by atoms with Crippen molar-refractivity contribution in [2.45, 2.75) is 6.42 Å². The van der Waals surface area contributed by atoms with E-state index in [0.717, 1.165) is 23.2 Å². The van der Waals surface area contributed by atoms with E-state index >= 15 is 0 Å². The number of nitrogens with zero attached hydrogens (tertiary/aromatic N) is 4. The number of piperazine rings is 1. The number of carbonyl (C=O) groups excluding carboxylic acids is 1. The van der Waals surface area contributed by atoms with Gasteiger partial charge in [-0.1, -0.05) is 54.1 Å². The first-order valence-electron chi connectivity index (χ1n) is 10.6. The summed E-state index contributed by atoms with van der Waals surface area (Å²) < 4.78 is 2.58. The van der Waals surface area contributed by atoms with Crippen molar-refractivity contribution in [3.05, 3.63) is 86.0 Å². The Hall–Kier alpha value is -3.69. The number of carbonyl (C=O) groups is 1. The number of para-hydroxylation sites is 1. The first-order valence-corrected chi connectivity index (χ1v) is 11.0. The van der Waals surface area contributed by atoms with E-state index < -0.39 is 17.2 Å². The van der Waals surface area contributed by atoms with E-state index in [2.05, 4.69) is 15.3 Å². The van der Waals surface area contributed by atoms with Crippen molar-refractivity contribution in [3.8, 4) is 5.69 Å². The maximum atomic E-state index is 13.2. The summed E-state index contributed by atoms with van der Waals surface area (Å²) in [4.78, 5) is 48.0. The van der Waals surface area contributed by atoms with Gasteiger partial charge in [-0.3, -0.25) is 19.1 Å². The zero-order valence-electron chi connectivity index (χ0n) is 17.6. The molecule has 2 aromatic carbocycles. The van der Waals surface area contributed by atoms with Crippen LogP contribution in [-0.2, 0) is 6.42 Å². The number of fused-ring (bicyclic) bond motifs is 1. The maximum Gasteiger partial charge on any atom is 0.337 e. The summed E-state index contributed by atoms with van der Waals surface area (Å²) in [7, 11) is 0. The van der Waals surface area contributed by atoms with Crippen molar-refractivity contribution in [3.63, 3.8) is 0 Å². The van der Waals surface area contributed by atoms with Crippen molar-refractivity contribution >= 4 is 34.6 Å². The Morgan fingerprint density at radius 3 is 2.42 bits per heavy atom. The summed E-state index contributed by atoms with van der Waals surface area (Å²) in [6.07, 6.45) is -0.0101. The normalized spacial score (nSPS) is 14.0. The van der Waals surface area contributed by atoms with E-state index in [4.69, 9.17) is 11.6 Å². The molecule has 1 aliphatic heterocycles. The molecule has 0 bridgehead atoms. The zero-order chi connectivity index (χ0) is 22.9. The Kier molecular flexibility index (Phi) is 5.57. The first-order chi connectivity index (χ1) is 16.0. The van der Waals surface area contributed by atoms with Crippen LogP contribution in [0.4, 0.5) is 5.95 Å². The van der Waals surface area contributed by atoms with Gasteiger partial charge in [0.25, 0.3) is 5.56 Å². The first kappa shape index (κ1) is 21.2. The monoisotopic (exact) mass is 464 g/mol. The number of nitrogens with one attached hydrogen (secondary N) is 2. The third-order valence-electron chi connectivity index (χ3n) is 5.63. The van der Waals surface area contributed by atoms with Crippen molar-refractivity contribution in [1.29, 1.82) is 0 Å². The molecule has 1 saturated heterocycles. The molecule has 2 N–H and O–H groups in total. The Labute approximate surface area is 193 Å². The second kappa shape index (κ2) is 8.68. The van der Waals surface area contributed by atoms with E-state index in [9.17, 15) is 14.4 Å².